The van der Waals surface area contributed by atoms with E-state index in [-0.39, 0.29) is 0 Å². The zero-order chi connectivity index (χ0) is 10.4. The molecule has 1 aromatic carbocycles. The number of methoxy groups -OCH3 is 2. The molecule has 1 rings (SSSR count). The number of nitrogens with one attached hydrogen (secondary N) is 2. The summed E-state index contributed by atoms with van der Waals surface area (Å²) in [7, 11) is 5.16. The number of anilines is 1. The van der Waals surface area contributed by atoms with E-state index in [9.17, 15) is 0 Å². The molecule has 1 aromatic rings. The van der Waals surface area contributed by atoms with Crippen molar-refractivity contribution in [2.75, 3.05) is 33.3 Å². The predicted molar refractivity (Wildman–Crippen MR) is 57.1 cm³/mol. The van der Waals surface area contributed by atoms with Gasteiger partial charge in [-0.15, -0.1) is 0 Å². The van der Waals surface area contributed by atoms with E-state index in [0.29, 0.717) is 6.67 Å². The molecule has 0 saturated heterocycles. The molecular weight excluding hydrogens is 180 g/mol. The van der Waals surface area contributed by atoms with Crippen LogP contribution in [0.2, 0.25) is 0 Å². The van der Waals surface area contributed by atoms with Crippen LogP contribution in [0.25, 0.3) is 0 Å². The van der Waals surface area contributed by atoms with Gasteiger partial charge in [0.05, 0.1) is 26.6 Å². The normalized spacial score (nSPS) is 9.64. The summed E-state index contributed by atoms with van der Waals surface area (Å²) in [5.41, 5.74) is 0.918. The lowest BCUT2D eigenvalue weighted by atomic mass is 10.2. The zero-order valence-corrected chi connectivity index (χ0v) is 8.76. The van der Waals surface area contributed by atoms with Gasteiger partial charge in [-0.3, -0.25) is 0 Å². The molecule has 0 saturated carbocycles. The van der Waals surface area contributed by atoms with Crippen LogP contribution in [-0.2, 0) is 0 Å². The summed E-state index contributed by atoms with van der Waals surface area (Å²) >= 11 is 0. The summed E-state index contributed by atoms with van der Waals surface area (Å²) in [6.45, 7) is 0.684. The van der Waals surface area contributed by atoms with Crippen LogP contribution in [0.15, 0.2) is 18.2 Å². The Morgan fingerprint density at radius 1 is 1.21 bits per heavy atom. The highest BCUT2D eigenvalue weighted by Gasteiger charge is 2.03. The molecule has 0 aliphatic heterocycles. The number of benzene rings is 1. The van der Waals surface area contributed by atoms with Crippen LogP contribution in [0.4, 0.5) is 5.69 Å². The van der Waals surface area contributed by atoms with E-state index in [2.05, 4.69) is 10.6 Å². The van der Waals surface area contributed by atoms with Crippen LogP contribution in [0.3, 0.4) is 0 Å². The fourth-order valence-electron chi connectivity index (χ4n) is 1.14. The first-order valence-electron chi connectivity index (χ1n) is 4.42. The van der Waals surface area contributed by atoms with Crippen LogP contribution in [-0.4, -0.2) is 27.9 Å². The van der Waals surface area contributed by atoms with Gasteiger partial charge in [0.25, 0.3) is 0 Å². The molecule has 0 spiro atoms. The minimum absolute atomic E-state index is 0.684. The molecule has 0 aromatic heterocycles. The Morgan fingerprint density at radius 3 is 2.57 bits per heavy atom. The molecule has 0 fully saturated rings. The Hall–Kier alpha value is -1.42. The van der Waals surface area contributed by atoms with E-state index >= 15 is 0 Å². The minimum atomic E-state index is 0.684. The van der Waals surface area contributed by atoms with Crippen molar-refractivity contribution in [3.8, 4) is 11.5 Å². The van der Waals surface area contributed by atoms with Crippen LogP contribution in [0.5, 0.6) is 11.5 Å². The molecule has 0 radical (unpaired) electrons. The van der Waals surface area contributed by atoms with Crippen molar-refractivity contribution in [1.29, 1.82) is 0 Å². The summed E-state index contributed by atoms with van der Waals surface area (Å²) in [6, 6.07) is 5.64. The average Bonchev–Trinajstić information content (AvgIpc) is 2.25. The number of ether oxygens (including phenoxy) is 2. The molecule has 4 heteroatoms. The monoisotopic (exact) mass is 196 g/mol. The Bertz CT molecular complexity index is 289. The molecule has 2 N–H and O–H groups in total. The van der Waals surface area contributed by atoms with E-state index in [1.165, 1.54) is 0 Å². The third-order valence-corrected chi connectivity index (χ3v) is 1.86. The quantitative estimate of drug-likeness (QED) is 0.696. The molecule has 78 valence electrons. The lowest BCUT2D eigenvalue weighted by molar-refractivity contribution is 0.404. The van der Waals surface area contributed by atoms with Gasteiger partial charge >= 0.3 is 0 Å². The highest BCUT2D eigenvalue weighted by molar-refractivity contribution is 5.59. The second-order valence-electron chi connectivity index (χ2n) is 2.77. The summed E-state index contributed by atoms with van der Waals surface area (Å²) in [4.78, 5) is 0. The average molecular weight is 196 g/mol. The third-order valence-electron chi connectivity index (χ3n) is 1.86. The van der Waals surface area contributed by atoms with Crippen molar-refractivity contribution in [2.45, 2.75) is 0 Å². The van der Waals surface area contributed by atoms with Gasteiger partial charge in [0.2, 0.25) is 0 Å². The minimum Gasteiger partial charge on any atom is -0.497 e. The molecular formula is C10H16N2O2. The van der Waals surface area contributed by atoms with Gasteiger partial charge in [0, 0.05) is 6.07 Å². The third kappa shape index (κ3) is 2.53. The first-order chi connectivity index (χ1) is 6.81. The van der Waals surface area contributed by atoms with Gasteiger partial charge < -0.3 is 20.1 Å². The SMILES string of the molecule is CNCNc1cc(OC)ccc1OC. The number of rotatable bonds is 5. The molecule has 0 amide bonds. The van der Waals surface area contributed by atoms with Crippen molar-refractivity contribution in [3.63, 3.8) is 0 Å². The van der Waals surface area contributed by atoms with Gasteiger partial charge in [0.1, 0.15) is 11.5 Å². The smallest absolute Gasteiger partial charge is 0.142 e. The van der Waals surface area contributed by atoms with Gasteiger partial charge in [0.15, 0.2) is 0 Å². The number of hydrogen-bond donors (Lipinski definition) is 2. The maximum atomic E-state index is 5.20. The molecule has 0 bridgehead atoms. The van der Waals surface area contributed by atoms with Crippen molar-refractivity contribution < 1.29 is 9.47 Å². The Labute approximate surface area is 84.2 Å². The Kier molecular flexibility index (Phi) is 4.07. The van der Waals surface area contributed by atoms with E-state index in [4.69, 9.17) is 9.47 Å². The fourth-order valence-corrected chi connectivity index (χ4v) is 1.14. The van der Waals surface area contributed by atoms with Crippen LogP contribution >= 0.6 is 0 Å². The lowest BCUT2D eigenvalue weighted by Gasteiger charge is -2.11. The summed E-state index contributed by atoms with van der Waals surface area (Å²) in [5, 5.41) is 6.17. The second kappa shape index (κ2) is 5.34. The van der Waals surface area contributed by atoms with E-state index in [1.54, 1.807) is 14.2 Å². The highest BCUT2D eigenvalue weighted by atomic mass is 16.5. The zero-order valence-electron chi connectivity index (χ0n) is 8.76. The molecule has 4 nitrogen and oxygen atoms in total. The molecule has 0 unspecified atom stereocenters. The van der Waals surface area contributed by atoms with Gasteiger partial charge in [-0.1, -0.05) is 0 Å². The molecule has 0 atom stereocenters. The topological polar surface area (TPSA) is 42.5 Å². The number of hydrogen-bond acceptors (Lipinski definition) is 4. The van der Waals surface area contributed by atoms with E-state index < -0.39 is 0 Å². The van der Waals surface area contributed by atoms with Gasteiger partial charge in [-0.2, -0.15) is 0 Å². The van der Waals surface area contributed by atoms with Gasteiger partial charge in [-0.05, 0) is 19.2 Å². The van der Waals surface area contributed by atoms with Crippen molar-refractivity contribution in [2.24, 2.45) is 0 Å². The Balaban J connectivity index is 2.84. The van der Waals surface area contributed by atoms with E-state index in [1.807, 2.05) is 25.2 Å². The molecule has 0 heterocycles. The summed E-state index contributed by atoms with van der Waals surface area (Å²) < 4.78 is 10.3. The molecule has 0 aliphatic rings. The fraction of sp³-hybridized carbons (Fsp3) is 0.400. The molecule has 0 aliphatic carbocycles. The Morgan fingerprint density at radius 2 is 2.00 bits per heavy atom. The predicted octanol–water partition coefficient (Wildman–Crippen LogP) is 1.29. The van der Waals surface area contributed by atoms with Crippen molar-refractivity contribution >= 4 is 5.69 Å². The van der Waals surface area contributed by atoms with Crippen molar-refractivity contribution in [1.82, 2.24) is 5.32 Å². The van der Waals surface area contributed by atoms with Crippen LogP contribution in [0.1, 0.15) is 0 Å². The standard InChI is InChI=1S/C10H16N2O2/c1-11-7-12-9-6-8(13-2)4-5-10(9)14-3/h4-6,11-12H,7H2,1-3H3. The van der Waals surface area contributed by atoms with Gasteiger partial charge in [-0.25, -0.2) is 0 Å². The van der Waals surface area contributed by atoms with E-state index in [0.717, 1.165) is 17.2 Å². The van der Waals surface area contributed by atoms with Crippen LogP contribution in [0, 0.1) is 0 Å². The second-order valence-corrected chi connectivity index (χ2v) is 2.77. The lowest BCUT2D eigenvalue weighted by Crippen LogP contribution is -2.17. The largest absolute Gasteiger partial charge is 0.497 e. The van der Waals surface area contributed by atoms with Crippen molar-refractivity contribution in [3.05, 3.63) is 18.2 Å². The maximum absolute atomic E-state index is 5.20. The first-order valence-corrected chi connectivity index (χ1v) is 4.42. The maximum Gasteiger partial charge on any atom is 0.142 e. The molecule has 14 heavy (non-hydrogen) atoms. The first kappa shape index (κ1) is 10.7. The highest BCUT2D eigenvalue weighted by Crippen LogP contribution is 2.28. The summed E-state index contributed by atoms with van der Waals surface area (Å²) in [6.07, 6.45) is 0. The summed E-state index contributed by atoms with van der Waals surface area (Å²) in [5.74, 6) is 1.62. The van der Waals surface area contributed by atoms with Crippen LogP contribution < -0.4 is 20.1 Å².